The predicted molar refractivity (Wildman–Crippen MR) is 106 cm³/mol. The van der Waals surface area contributed by atoms with Crippen molar-refractivity contribution in [1.82, 2.24) is 9.80 Å². The zero-order valence-electron chi connectivity index (χ0n) is 17.1. The Bertz CT molecular complexity index is 710. The summed E-state index contributed by atoms with van der Waals surface area (Å²) in [5, 5.41) is 7.12. The van der Waals surface area contributed by atoms with E-state index in [1.54, 1.807) is 0 Å². The average molecular weight is 435 g/mol. The Morgan fingerprint density at radius 3 is 2.21 bits per heavy atom. The highest BCUT2D eigenvalue weighted by Crippen LogP contribution is 2.42. The van der Waals surface area contributed by atoms with Gasteiger partial charge in [0.25, 0.3) is 0 Å². The molecule has 0 radical (unpaired) electrons. The van der Waals surface area contributed by atoms with Gasteiger partial charge in [-0.15, -0.1) is 11.3 Å². The Kier molecular flexibility index (Phi) is 7.73. The number of carbonyl (C=O) groups excluding carboxylic acids is 1. The summed E-state index contributed by atoms with van der Waals surface area (Å²) in [5.74, 6) is -1.75. The van der Waals surface area contributed by atoms with Gasteiger partial charge in [0.1, 0.15) is 0 Å². The molecule has 0 atom stereocenters. The highest BCUT2D eigenvalue weighted by Gasteiger charge is 2.47. The van der Waals surface area contributed by atoms with Crippen molar-refractivity contribution in [3.63, 3.8) is 0 Å². The number of hydrogen-bond acceptors (Lipinski definition) is 4. The van der Waals surface area contributed by atoms with E-state index < -0.39 is 12.1 Å². The molecular formula is C20H29F3N2O3S. The topological polar surface area (TPSA) is 60.9 Å². The molecule has 2 aliphatic heterocycles. The van der Waals surface area contributed by atoms with Crippen LogP contribution in [0.4, 0.5) is 13.2 Å². The number of hydrogen-bond donors (Lipinski definition) is 1. The van der Waals surface area contributed by atoms with Gasteiger partial charge in [0.05, 0.1) is 5.41 Å². The summed E-state index contributed by atoms with van der Waals surface area (Å²) < 4.78 is 31.7. The fourth-order valence-electron chi connectivity index (χ4n) is 3.90. The minimum absolute atomic E-state index is 0.0310. The first-order chi connectivity index (χ1) is 13.4. The standard InChI is InChI=1S/C18H28N2OS.C2HF3O2/c1-14(2)12-20-11-8-18(17(20)21)6-9-19(10-7-18)13-16-5-4-15(3)22-16;3-2(4,5)1(6)7/h4-5,14H,6-13H2,1-3H3;(H,6,7). The molecule has 164 valence electrons. The van der Waals surface area contributed by atoms with Crippen LogP contribution in [0.2, 0.25) is 0 Å². The second-order valence-electron chi connectivity index (χ2n) is 8.27. The molecule has 1 amide bonds. The minimum atomic E-state index is -5.08. The second-order valence-corrected chi connectivity index (χ2v) is 9.64. The van der Waals surface area contributed by atoms with Crippen LogP contribution in [0.15, 0.2) is 12.1 Å². The van der Waals surface area contributed by atoms with Gasteiger partial charge in [0, 0.05) is 29.4 Å². The fraction of sp³-hybridized carbons (Fsp3) is 0.700. The van der Waals surface area contributed by atoms with Crippen molar-refractivity contribution < 1.29 is 27.9 Å². The third kappa shape index (κ3) is 6.44. The van der Waals surface area contributed by atoms with E-state index in [4.69, 9.17) is 9.90 Å². The van der Waals surface area contributed by atoms with Crippen molar-refractivity contribution in [2.24, 2.45) is 11.3 Å². The molecule has 5 nitrogen and oxygen atoms in total. The molecule has 1 N–H and O–H groups in total. The lowest BCUT2D eigenvalue weighted by Crippen LogP contribution is -2.44. The molecule has 1 aromatic heterocycles. The summed E-state index contributed by atoms with van der Waals surface area (Å²) >= 11 is 1.90. The first kappa shape index (κ1) is 23.7. The number of thiophene rings is 1. The third-order valence-corrected chi connectivity index (χ3v) is 6.40. The van der Waals surface area contributed by atoms with Crippen LogP contribution in [0.25, 0.3) is 0 Å². The summed E-state index contributed by atoms with van der Waals surface area (Å²) in [6, 6.07) is 4.45. The molecular weight excluding hydrogens is 405 g/mol. The molecule has 0 saturated carbocycles. The molecule has 29 heavy (non-hydrogen) atoms. The van der Waals surface area contributed by atoms with Gasteiger partial charge in [-0.25, -0.2) is 4.79 Å². The Labute approximate surface area is 173 Å². The number of nitrogens with zero attached hydrogens (tertiary/aromatic N) is 2. The van der Waals surface area contributed by atoms with E-state index in [-0.39, 0.29) is 5.41 Å². The first-order valence-corrected chi connectivity index (χ1v) is 10.6. The van der Waals surface area contributed by atoms with Crippen molar-refractivity contribution in [3.05, 3.63) is 21.9 Å². The number of rotatable bonds is 4. The van der Waals surface area contributed by atoms with Crippen molar-refractivity contribution in [1.29, 1.82) is 0 Å². The minimum Gasteiger partial charge on any atom is -0.475 e. The van der Waals surface area contributed by atoms with Crippen molar-refractivity contribution in [2.45, 2.75) is 52.8 Å². The highest BCUT2D eigenvalue weighted by molar-refractivity contribution is 7.11. The Morgan fingerprint density at radius 2 is 1.76 bits per heavy atom. The van der Waals surface area contributed by atoms with Gasteiger partial charge in [-0.3, -0.25) is 9.69 Å². The molecule has 0 aliphatic carbocycles. The number of piperidine rings is 1. The SMILES string of the molecule is Cc1ccc(CN2CCC3(CC2)CCN(CC(C)C)C3=O)s1.O=C(O)C(F)(F)F. The van der Waals surface area contributed by atoms with E-state index in [2.05, 4.69) is 42.7 Å². The van der Waals surface area contributed by atoms with Crippen LogP contribution >= 0.6 is 11.3 Å². The molecule has 3 rings (SSSR count). The Morgan fingerprint density at radius 1 is 1.21 bits per heavy atom. The number of aryl methyl sites for hydroxylation is 1. The van der Waals surface area contributed by atoms with E-state index in [0.29, 0.717) is 11.8 Å². The monoisotopic (exact) mass is 434 g/mol. The normalized spacial score (nSPS) is 19.6. The van der Waals surface area contributed by atoms with E-state index in [0.717, 1.165) is 52.0 Å². The number of halogens is 3. The average Bonchev–Trinajstić information content (AvgIpc) is 3.15. The number of carboxylic acid groups (broad SMARTS) is 1. The summed E-state index contributed by atoms with van der Waals surface area (Å²) in [5.41, 5.74) is -0.0310. The maximum absolute atomic E-state index is 12.8. The summed E-state index contributed by atoms with van der Waals surface area (Å²) in [6.45, 7) is 11.7. The molecule has 2 fully saturated rings. The summed E-state index contributed by atoms with van der Waals surface area (Å²) in [4.78, 5) is 29.2. The number of likely N-dealkylation sites (tertiary alicyclic amines) is 2. The zero-order chi connectivity index (χ0) is 21.8. The fourth-order valence-corrected chi connectivity index (χ4v) is 4.83. The maximum atomic E-state index is 12.8. The van der Waals surface area contributed by atoms with Crippen LogP contribution in [-0.4, -0.2) is 59.1 Å². The zero-order valence-corrected chi connectivity index (χ0v) is 17.9. The number of carbonyl (C=O) groups is 2. The Balaban J connectivity index is 0.000000370. The molecule has 1 aromatic rings. The lowest BCUT2D eigenvalue weighted by atomic mass is 9.77. The molecule has 2 saturated heterocycles. The highest BCUT2D eigenvalue weighted by atomic mass is 32.1. The number of alkyl halides is 3. The predicted octanol–water partition coefficient (Wildman–Crippen LogP) is 4.16. The molecule has 0 unspecified atom stereocenters. The van der Waals surface area contributed by atoms with Crippen LogP contribution in [0.3, 0.4) is 0 Å². The quantitative estimate of drug-likeness (QED) is 0.773. The second kappa shape index (κ2) is 9.47. The van der Waals surface area contributed by atoms with Gasteiger partial charge in [-0.1, -0.05) is 13.8 Å². The van der Waals surface area contributed by atoms with Gasteiger partial charge in [0.15, 0.2) is 0 Å². The van der Waals surface area contributed by atoms with Crippen LogP contribution < -0.4 is 0 Å². The molecule has 0 bridgehead atoms. The molecule has 3 heterocycles. The van der Waals surface area contributed by atoms with Crippen molar-refractivity contribution in [2.75, 3.05) is 26.2 Å². The summed E-state index contributed by atoms with van der Waals surface area (Å²) in [7, 11) is 0. The smallest absolute Gasteiger partial charge is 0.475 e. The van der Waals surface area contributed by atoms with Crippen LogP contribution in [-0.2, 0) is 16.1 Å². The van der Waals surface area contributed by atoms with Crippen LogP contribution in [0.5, 0.6) is 0 Å². The molecule has 2 aliphatic rings. The lowest BCUT2D eigenvalue weighted by Gasteiger charge is -2.38. The van der Waals surface area contributed by atoms with Gasteiger partial charge < -0.3 is 10.0 Å². The van der Waals surface area contributed by atoms with Gasteiger partial charge >= 0.3 is 12.1 Å². The third-order valence-electron chi connectivity index (χ3n) is 5.42. The first-order valence-electron chi connectivity index (χ1n) is 9.80. The number of carboxylic acids is 1. The van der Waals surface area contributed by atoms with Crippen LogP contribution in [0, 0.1) is 18.3 Å². The summed E-state index contributed by atoms with van der Waals surface area (Å²) in [6.07, 6.45) is -1.92. The van der Waals surface area contributed by atoms with Gasteiger partial charge in [-0.2, -0.15) is 13.2 Å². The van der Waals surface area contributed by atoms with Gasteiger partial charge in [0.2, 0.25) is 5.91 Å². The Hall–Kier alpha value is -1.61. The van der Waals surface area contributed by atoms with E-state index >= 15 is 0 Å². The largest absolute Gasteiger partial charge is 0.490 e. The molecule has 1 spiro atoms. The molecule has 9 heteroatoms. The van der Waals surface area contributed by atoms with Crippen molar-refractivity contribution >= 4 is 23.2 Å². The number of aliphatic carboxylic acids is 1. The van der Waals surface area contributed by atoms with E-state index in [1.807, 2.05) is 11.3 Å². The van der Waals surface area contributed by atoms with Crippen LogP contribution in [0.1, 0.15) is 42.9 Å². The van der Waals surface area contributed by atoms with Gasteiger partial charge in [-0.05, 0) is 57.3 Å². The maximum Gasteiger partial charge on any atom is 0.490 e. The van der Waals surface area contributed by atoms with E-state index in [1.165, 1.54) is 9.75 Å². The lowest BCUT2D eigenvalue weighted by molar-refractivity contribution is -0.192. The van der Waals surface area contributed by atoms with Crippen molar-refractivity contribution in [3.8, 4) is 0 Å². The number of amides is 1. The van der Waals surface area contributed by atoms with E-state index in [9.17, 15) is 18.0 Å². The molecule has 0 aromatic carbocycles.